The molecule has 0 rings (SSSR count). The summed E-state index contributed by atoms with van der Waals surface area (Å²) in [6.45, 7) is 4.46. The Morgan fingerprint density at radius 3 is 1.00 bits per heavy atom. The van der Waals surface area contributed by atoms with E-state index in [-0.39, 0.29) is 31.9 Å². The minimum atomic E-state index is -3.79. The highest BCUT2D eigenvalue weighted by Gasteiger charge is 2.33. The third-order valence-corrected chi connectivity index (χ3v) is 13.7. The fraction of sp³-hybridized carbons (Fsp3) is 0.333. The van der Waals surface area contributed by atoms with Gasteiger partial charge in [-0.25, -0.2) is 25.3 Å². The Balaban J connectivity index is 5.51. The van der Waals surface area contributed by atoms with E-state index in [1.807, 2.05) is 0 Å². The van der Waals surface area contributed by atoms with Gasteiger partial charge in [0, 0.05) is 16.2 Å². The van der Waals surface area contributed by atoms with E-state index < -0.39 is 31.2 Å². The van der Waals surface area contributed by atoms with Crippen molar-refractivity contribution in [2.24, 2.45) is 0 Å². The molecule has 0 aliphatic carbocycles. The SMILES string of the molecule is CC=CS(=O)(=O)SB(SS(=O)(=O)C=CC)SS(=O)(=O)C=CC. The summed E-state index contributed by atoms with van der Waals surface area (Å²) < 4.78 is 69.2. The van der Waals surface area contributed by atoms with Crippen LogP contribution < -0.4 is 0 Å². The predicted octanol–water partition coefficient (Wildman–Crippen LogP) is 2.76. The molecule has 0 aromatic heterocycles. The lowest BCUT2D eigenvalue weighted by atomic mass is 10.7. The highest BCUT2D eigenvalue weighted by molar-refractivity contribution is 9.15. The van der Waals surface area contributed by atoms with E-state index in [4.69, 9.17) is 0 Å². The molecule has 0 saturated heterocycles. The summed E-state index contributed by atoms with van der Waals surface area (Å²) in [6, 6.07) is 0. The molecule has 0 aromatic carbocycles. The molecule has 0 aromatic rings. The van der Waals surface area contributed by atoms with Crippen LogP contribution in [0.5, 0.6) is 0 Å². The van der Waals surface area contributed by atoms with Crippen molar-refractivity contribution in [2.75, 3.05) is 0 Å². The molecule has 0 unspecified atom stereocenters. The van der Waals surface area contributed by atoms with Crippen LogP contribution in [0, 0.1) is 0 Å². The van der Waals surface area contributed by atoms with Crippen LogP contribution in [-0.4, -0.2) is 29.8 Å². The molecule has 13 heteroatoms. The largest absolute Gasteiger partial charge is 0.393 e. The average molecular weight is 422 g/mol. The van der Waals surface area contributed by atoms with Crippen LogP contribution in [0.1, 0.15) is 20.8 Å². The highest BCUT2D eigenvalue weighted by Crippen LogP contribution is 2.40. The smallest absolute Gasteiger partial charge is 0.214 e. The van der Waals surface area contributed by atoms with Gasteiger partial charge in [0.15, 0.2) is 0 Å². The molecule has 0 atom stereocenters. The van der Waals surface area contributed by atoms with Gasteiger partial charge in [-0.15, -0.1) is 0 Å². The van der Waals surface area contributed by atoms with Gasteiger partial charge in [-0.2, -0.15) is 0 Å². The van der Waals surface area contributed by atoms with Crippen LogP contribution in [0.3, 0.4) is 0 Å². The Morgan fingerprint density at radius 2 is 0.818 bits per heavy atom. The van der Waals surface area contributed by atoms with Crippen molar-refractivity contribution in [1.82, 2.24) is 0 Å². The van der Waals surface area contributed by atoms with E-state index in [1.165, 1.54) is 39.0 Å². The molecule has 0 spiro atoms. The summed E-state index contributed by atoms with van der Waals surface area (Å²) >= 11 is 0. The topological polar surface area (TPSA) is 102 Å². The maximum Gasteiger partial charge on any atom is 0.393 e. The molecule has 0 bridgehead atoms. The summed E-state index contributed by atoms with van der Waals surface area (Å²) in [5, 5.41) is 2.66. The zero-order valence-electron chi connectivity index (χ0n) is 11.9. The Morgan fingerprint density at radius 1 is 0.591 bits per heavy atom. The minimum Gasteiger partial charge on any atom is -0.214 e. The molecule has 6 nitrogen and oxygen atoms in total. The van der Waals surface area contributed by atoms with E-state index in [0.29, 0.717) is 0 Å². The molecular formula is C9H15BO6S6. The highest BCUT2D eigenvalue weighted by atomic mass is 33.2. The Labute approximate surface area is 143 Å². The van der Waals surface area contributed by atoms with Gasteiger partial charge in [0.1, 0.15) is 0 Å². The number of rotatable bonds is 9. The van der Waals surface area contributed by atoms with Gasteiger partial charge in [0.2, 0.25) is 26.6 Å². The minimum absolute atomic E-state index is 0.262. The van der Waals surface area contributed by atoms with Crippen LogP contribution in [0.15, 0.2) is 34.5 Å². The zero-order valence-corrected chi connectivity index (χ0v) is 16.8. The predicted molar refractivity (Wildman–Crippen MR) is 99.7 cm³/mol. The fourth-order valence-electron chi connectivity index (χ4n) is 0.973. The summed E-state index contributed by atoms with van der Waals surface area (Å²) in [5.41, 5.74) is 0. The lowest BCUT2D eigenvalue weighted by molar-refractivity contribution is 0.616. The first kappa shape index (κ1) is 22.2. The third kappa shape index (κ3) is 10.1. The third-order valence-electron chi connectivity index (χ3n) is 1.55. The van der Waals surface area contributed by atoms with Crippen LogP contribution in [0.4, 0.5) is 0 Å². The van der Waals surface area contributed by atoms with Crippen molar-refractivity contribution in [3.05, 3.63) is 34.5 Å². The lowest BCUT2D eigenvalue weighted by Gasteiger charge is -2.08. The second-order valence-electron chi connectivity index (χ2n) is 3.46. The molecule has 0 heterocycles. The molecule has 126 valence electrons. The van der Waals surface area contributed by atoms with Crippen molar-refractivity contribution in [3.8, 4) is 0 Å². The maximum atomic E-state index is 11.8. The van der Waals surface area contributed by atoms with Gasteiger partial charge in [-0.05, 0) is 52.7 Å². The molecule has 0 saturated carbocycles. The van der Waals surface area contributed by atoms with Crippen molar-refractivity contribution in [3.63, 3.8) is 0 Å². The average Bonchev–Trinajstić information content (AvgIpc) is 2.25. The zero-order chi connectivity index (χ0) is 17.4. The van der Waals surface area contributed by atoms with Crippen LogP contribution in [0.2, 0.25) is 0 Å². The van der Waals surface area contributed by atoms with E-state index in [2.05, 4.69) is 0 Å². The monoisotopic (exact) mass is 422 g/mol. The lowest BCUT2D eigenvalue weighted by Crippen LogP contribution is -2.09. The standard InChI is InChI=1S/C9H15BO6S6/c1-4-7-20(11,12)17-10(18-21(13,14)8-5-2)19-22(15,16)9-6-3/h4-9H,1-3H3. The van der Waals surface area contributed by atoms with Crippen LogP contribution in [0.25, 0.3) is 0 Å². The van der Waals surface area contributed by atoms with E-state index in [1.54, 1.807) is 0 Å². The van der Waals surface area contributed by atoms with Crippen molar-refractivity contribution >= 4 is 63.1 Å². The molecule has 22 heavy (non-hydrogen) atoms. The van der Waals surface area contributed by atoms with Gasteiger partial charge in [0.25, 0.3) is 0 Å². The first-order valence-electron chi connectivity index (χ1n) is 5.65. The van der Waals surface area contributed by atoms with E-state index in [9.17, 15) is 25.3 Å². The van der Waals surface area contributed by atoms with Crippen molar-refractivity contribution in [2.45, 2.75) is 20.8 Å². The van der Waals surface area contributed by atoms with Crippen LogP contribution >= 0.6 is 31.9 Å². The van der Waals surface area contributed by atoms with E-state index >= 15 is 0 Å². The molecule has 0 aliphatic heterocycles. The Hall–Kier alpha value is 0.185. The number of hydrogen-bond donors (Lipinski definition) is 0. The molecule has 0 amide bonds. The molecule has 0 N–H and O–H groups in total. The van der Waals surface area contributed by atoms with Crippen molar-refractivity contribution < 1.29 is 25.3 Å². The van der Waals surface area contributed by atoms with Crippen LogP contribution in [-0.2, 0) is 26.6 Å². The molecule has 0 fully saturated rings. The second kappa shape index (κ2) is 9.47. The molecule has 0 aliphatic rings. The van der Waals surface area contributed by atoms with Gasteiger partial charge >= 0.3 is 4.55 Å². The first-order valence-corrected chi connectivity index (χ1v) is 14.5. The summed E-state index contributed by atoms with van der Waals surface area (Å²) in [7, 11) is -10.6. The quantitative estimate of drug-likeness (QED) is 0.410. The number of hydrogen-bond acceptors (Lipinski definition) is 9. The van der Waals surface area contributed by atoms with Gasteiger partial charge in [0.05, 0.1) is 0 Å². The van der Waals surface area contributed by atoms with E-state index in [0.717, 1.165) is 16.2 Å². The maximum absolute atomic E-state index is 11.8. The normalized spacial score (nSPS) is 14.3. The molecular weight excluding hydrogens is 407 g/mol. The number of allylic oxidation sites excluding steroid dienone is 3. The molecule has 0 radical (unpaired) electrons. The Bertz CT molecular complexity index is 642. The summed E-state index contributed by atoms with van der Waals surface area (Å²) in [4.78, 5) is 0. The Kier molecular flexibility index (Phi) is 9.55. The summed E-state index contributed by atoms with van der Waals surface area (Å²) in [6.07, 6.45) is 3.82. The van der Waals surface area contributed by atoms with Gasteiger partial charge in [-0.3, -0.25) is 0 Å². The second-order valence-corrected chi connectivity index (χ2v) is 16.0. The first-order chi connectivity index (χ1) is 9.97. The van der Waals surface area contributed by atoms with Gasteiger partial charge in [-0.1, -0.05) is 18.2 Å². The summed E-state index contributed by atoms with van der Waals surface area (Å²) in [5.74, 6) is 0. The van der Waals surface area contributed by atoms with Gasteiger partial charge < -0.3 is 0 Å². The van der Waals surface area contributed by atoms with Crippen molar-refractivity contribution in [1.29, 1.82) is 0 Å². The fourth-order valence-corrected chi connectivity index (χ4v) is 16.1.